The molecular weight excluding hydrogens is 408 g/mol. The number of allylic oxidation sites excluding steroid dienone is 10. The molecule has 4 rings (SSSR count). The van der Waals surface area contributed by atoms with Gasteiger partial charge in [0.05, 0.1) is 0 Å². The molecular formula is C34H38. The van der Waals surface area contributed by atoms with E-state index in [-0.39, 0.29) is 0 Å². The number of rotatable bonds is 8. The lowest BCUT2D eigenvalue weighted by atomic mass is 9.84. The topological polar surface area (TPSA) is 0 Å². The highest BCUT2D eigenvalue weighted by Gasteiger charge is 2.28. The molecule has 0 aliphatic heterocycles. The smallest absolute Gasteiger partial charge is 0.0161 e. The van der Waals surface area contributed by atoms with Crippen LogP contribution in [0.5, 0.6) is 0 Å². The molecule has 174 valence electrons. The van der Waals surface area contributed by atoms with Gasteiger partial charge < -0.3 is 0 Å². The van der Waals surface area contributed by atoms with Gasteiger partial charge in [-0.2, -0.15) is 0 Å². The van der Waals surface area contributed by atoms with E-state index in [2.05, 4.69) is 118 Å². The Morgan fingerprint density at radius 3 is 2.29 bits per heavy atom. The Bertz CT molecular complexity index is 1140. The maximum Gasteiger partial charge on any atom is -0.0161 e. The van der Waals surface area contributed by atoms with E-state index in [4.69, 9.17) is 0 Å². The van der Waals surface area contributed by atoms with Gasteiger partial charge in [0.25, 0.3) is 0 Å². The molecule has 0 aromatic heterocycles. The lowest BCUT2D eigenvalue weighted by molar-refractivity contribution is 0.617. The molecule has 1 fully saturated rings. The van der Waals surface area contributed by atoms with Gasteiger partial charge in [-0.05, 0) is 84.3 Å². The molecule has 2 aromatic carbocycles. The summed E-state index contributed by atoms with van der Waals surface area (Å²) in [7, 11) is 0. The maximum atomic E-state index is 4.37. The number of benzene rings is 2. The van der Waals surface area contributed by atoms with Crippen LogP contribution >= 0.6 is 0 Å². The molecule has 0 heteroatoms. The van der Waals surface area contributed by atoms with Crippen molar-refractivity contribution in [1.29, 1.82) is 0 Å². The van der Waals surface area contributed by atoms with Gasteiger partial charge in [-0.1, -0.05) is 123 Å². The molecule has 1 unspecified atom stereocenters. The summed E-state index contributed by atoms with van der Waals surface area (Å²) in [5.74, 6) is 1.36. The van der Waals surface area contributed by atoms with Crippen molar-refractivity contribution in [2.75, 3.05) is 0 Å². The fourth-order valence-electron chi connectivity index (χ4n) is 4.86. The molecule has 2 aromatic rings. The van der Waals surface area contributed by atoms with E-state index in [1.165, 1.54) is 59.1 Å². The third-order valence-corrected chi connectivity index (χ3v) is 7.07. The Labute approximate surface area is 206 Å². The average Bonchev–Trinajstić information content (AvgIpc) is 3.69. The first-order valence-corrected chi connectivity index (χ1v) is 12.9. The van der Waals surface area contributed by atoms with Crippen molar-refractivity contribution < 1.29 is 0 Å². The Morgan fingerprint density at radius 2 is 1.68 bits per heavy atom. The number of hydrogen-bond donors (Lipinski definition) is 0. The first-order valence-electron chi connectivity index (χ1n) is 12.9. The SMILES string of the molecule is C=C(C)C(=C\C=C/c1ccc(-c2ccccc2)cc1)/C(/C=C1/C=CCCC1C)=C(/CC)C1CC1. The van der Waals surface area contributed by atoms with Gasteiger partial charge in [0.1, 0.15) is 0 Å². The van der Waals surface area contributed by atoms with Gasteiger partial charge >= 0.3 is 0 Å². The summed E-state index contributed by atoms with van der Waals surface area (Å²) < 4.78 is 0. The molecule has 0 nitrogen and oxygen atoms in total. The minimum absolute atomic E-state index is 0.613. The molecule has 2 aliphatic carbocycles. The quantitative estimate of drug-likeness (QED) is 0.354. The fourth-order valence-corrected chi connectivity index (χ4v) is 4.86. The van der Waals surface area contributed by atoms with Crippen LogP contribution in [0.2, 0.25) is 0 Å². The average molecular weight is 447 g/mol. The summed E-state index contributed by atoms with van der Waals surface area (Å²) in [6.45, 7) is 11.2. The molecule has 0 saturated heterocycles. The second-order valence-corrected chi connectivity index (χ2v) is 9.80. The van der Waals surface area contributed by atoms with Gasteiger partial charge in [0, 0.05) is 0 Å². The van der Waals surface area contributed by atoms with Crippen molar-refractivity contribution in [2.45, 2.75) is 52.9 Å². The number of hydrogen-bond acceptors (Lipinski definition) is 0. The fraction of sp³-hybridized carbons (Fsp3) is 0.294. The Kier molecular flexibility index (Phi) is 8.01. The zero-order chi connectivity index (χ0) is 23.9. The lowest BCUT2D eigenvalue weighted by Gasteiger charge is -2.20. The van der Waals surface area contributed by atoms with Gasteiger partial charge in [-0.3, -0.25) is 0 Å². The van der Waals surface area contributed by atoms with E-state index in [9.17, 15) is 0 Å². The van der Waals surface area contributed by atoms with E-state index in [1.807, 2.05) is 0 Å². The van der Waals surface area contributed by atoms with Gasteiger partial charge in [0.15, 0.2) is 0 Å². The van der Waals surface area contributed by atoms with Crippen LogP contribution in [0.3, 0.4) is 0 Å². The summed E-state index contributed by atoms with van der Waals surface area (Å²) in [5.41, 5.74) is 10.6. The predicted octanol–water partition coefficient (Wildman–Crippen LogP) is 9.90. The molecule has 0 N–H and O–H groups in total. The third kappa shape index (κ3) is 6.06. The van der Waals surface area contributed by atoms with E-state index in [1.54, 1.807) is 5.57 Å². The molecule has 1 saturated carbocycles. The van der Waals surface area contributed by atoms with Crippen LogP contribution in [0.15, 0.2) is 119 Å². The van der Waals surface area contributed by atoms with Crippen LogP contribution in [0.1, 0.15) is 58.4 Å². The molecule has 0 spiro atoms. The van der Waals surface area contributed by atoms with Crippen LogP contribution in [-0.4, -0.2) is 0 Å². The zero-order valence-electron chi connectivity index (χ0n) is 21.1. The van der Waals surface area contributed by atoms with Crippen LogP contribution in [0.4, 0.5) is 0 Å². The zero-order valence-corrected chi connectivity index (χ0v) is 21.1. The summed E-state index contributed by atoms with van der Waals surface area (Å²) in [4.78, 5) is 0. The van der Waals surface area contributed by atoms with Crippen molar-refractivity contribution in [3.05, 3.63) is 125 Å². The van der Waals surface area contributed by atoms with Gasteiger partial charge in [-0.15, -0.1) is 0 Å². The van der Waals surface area contributed by atoms with Crippen molar-refractivity contribution in [1.82, 2.24) is 0 Å². The van der Waals surface area contributed by atoms with E-state index >= 15 is 0 Å². The second-order valence-electron chi connectivity index (χ2n) is 9.80. The monoisotopic (exact) mass is 446 g/mol. The summed E-state index contributed by atoms with van der Waals surface area (Å²) in [5, 5.41) is 0. The molecule has 1 atom stereocenters. The first-order chi connectivity index (χ1) is 16.6. The van der Waals surface area contributed by atoms with Crippen molar-refractivity contribution >= 4 is 6.08 Å². The minimum atomic E-state index is 0.613. The molecule has 0 radical (unpaired) electrons. The summed E-state index contributed by atoms with van der Waals surface area (Å²) in [6, 6.07) is 19.3. The molecule has 0 bridgehead atoms. The lowest BCUT2D eigenvalue weighted by Crippen LogP contribution is -2.04. The van der Waals surface area contributed by atoms with Crippen molar-refractivity contribution in [3.8, 4) is 11.1 Å². The Hall–Kier alpha value is -3.12. The Morgan fingerprint density at radius 1 is 0.971 bits per heavy atom. The summed E-state index contributed by atoms with van der Waals surface area (Å²) in [6.07, 6.45) is 20.0. The van der Waals surface area contributed by atoms with Crippen LogP contribution in [0.25, 0.3) is 17.2 Å². The standard InChI is InChI=1S/C34H38/c1-5-32(30-22-23-30)34(24-31-16-10-9-12-26(31)4)33(25(2)3)17-11-13-27-18-20-29(21-19-27)28-14-7-6-8-15-28/h6-8,10-11,13-21,24,26,30H,2,5,9,12,22-23H2,1,3-4H3/b13-11-,31-24-,33-17+,34-32-. The normalized spacial score (nSPS) is 20.6. The van der Waals surface area contributed by atoms with Crippen LogP contribution in [-0.2, 0) is 0 Å². The van der Waals surface area contributed by atoms with Crippen molar-refractivity contribution in [3.63, 3.8) is 0 Å². The van der Waals surface area contributed by atoms with E-state index < -0.39 is 0 Å². The maximum absolute atomic E-state index is 4.37. The second kappa shape index (κ2) is 11.3. The third-order valence-electron chi connectivity index (χ3n) is 7.07. The van der Waals surface area contributed by atoms with Crippen LogP contribution in [0, 0.1) is 11.8 Å². The molecule has 0 amide bonds. The van der Waals surface area contributed by atoms with Crippen LogP contribution < -0.4 is 0 Å². The van der Waals surface area contributed by atoms with Crippen molar-refractivity contribution in [2.24, 2.45) is 11.8 Å². The highest BCUT2D eigenvalue weighted by Crippen LogP contribution is 2.43. The molecule has 2 aliphatic rings. The van der Waals surface area contributed by atoms with Gasteiger partial charge in [-0.25, -0.2) is 0 Å². The Balaban J connectivity index is 1.64. The highest BCUT2D eigenvalue weighted by atomic mass is 14.3. The van der Waals surface area contributed by atoms with E-state index in [0.717, 1.165) is 17.9 Å². The summed E-state index contributed by atoms with van der Waals surface area (Å²) >= 11 is 0. The predicted molar refractivity (Wildman–Crippen MR) is 149 cm³/mol. The van der Waals surface area contributed by atoms with Gasteiger partial charge in [0.2, 0.25) is 0 Å². The minimum Gasteiger partial charge on any atom is -0.0955 e. The van der Waals surface area contributed by atoms with E-state index in [0.29, 0.717) is 5.92 Å². The first kappa shape index (κ1) is 24.0. The highest BCUT2D eigenvalue weighted by molar-refractivity contribution is 5.66. The largest absolute Gasteiger partial charge is 0.0955 e. The molecule has 34 heavy (non-hydrogen) atoms. The molecule has 0 heterocycles.